The van der Waals surface area contributed by atoms with Crippen LogP contribution in [0.5, 0.6) is 11.6 Å². The summed E-state index contributed by atoms with van der Waals surface area (Å²) in [7, 11) is 1.45. The zero-order valence-electron chi connectivity index (χ0n) is 15.0. The number of ether oxygens (including phenoxy) is 2. The molecule has 8 nitrogen and oxygen atoms in total. The molecule has 3 aromatic rings. The van der Waals surface area contributed by atoms with Gasteiger partial charge in [-0.05, 0) is 29.0 Å². The Morgan fingerprint density at radius 3 is 2.71 bits per heavy atom. The Morgan fingerprint density at radius 1 is 1.25 bits per heavy atom. The van der Waals surface area contributed by atoms with Crippen molar-refractivity contribution in [1.82, 2.24) is 9.55 Å². The molecule has 0 bridgehead atoms. The van der Waals surface area contributed by atoms with E-state index in [2.05, 4.69) is 9.72 Å². The Morgan fingerprint density at radius 2 is 2.00 bits per heavy atom. The minimum atomic E-state index is -1.66. The van der Waals surface area contributed by atoms with Crippen LogP contribution in [-0.2, 0) is 24.8 Å². The van der Waals surface area contributed by atoms with Gasteiger partial charge in [-0.25, -0.2) is 4.79 Å². The van der Waals surface area contributed by atoms with Crippen LogP contribution in [0.2, 0.25) is 0 Å². The lowest BCUT2D eigenvalue weighted by molar-refractivity contribution is 0.124. The van der Waals surface area contributed by atoms with E-state index >= 15 is 0 Å². The summed E-state index contributed by atoms with van der Waals surface area (Å²) >= 11 is 1.35. The highest BCUT2D eigenvalue weighted by Gasteiger charge is 2.20. The number of hydrogen-bond acceptors (Lipinski definition) is 7. The molecule has 0 amide bonds. The van der Waals surface area contributed by atoms with E-state index in [9.17, 15) is 14.7 Å². The highest BCUT2D eigenvalue weighted by Crippen LogP contribution is 2.31. The van der Waals surface area contributed by atoms with E-state index < -0.39 is 23.3 Å². The average Bonchev–Trinajstić information content (AvgIpc) is 3.14. The fraction of sp³-hybridized carbons (Fsp3) is 0.211. The van der Waals surface area contributed by atoms with Crippen LogP contribution in [0.1, 0.15) is 11.1 Å². The molecule has 0 saturated carbocycles. The number of thiophene rings is 1. The summed E-state index contributed by atoms with van der Waals surface area (Å²) in [5.41, 5.74) is 1.18. The van der Waals surface area contributed by atoms with E-state index in [0.717, 1.165) is 15.7 Å². The lowest BCUT2D eigenvalue weighted by Crippen LogP contribution is -2.21. The maximum atomic E-state index is 12.2. The molecule has 2 N–H and O–H groups in total. The first-order valence-corrected chi connectivity index (χ1v) is 9.24. The monoisotopic (exact) mass is 402 g/mol. The first-order valence-electron chi connectivity index (χ1n) is 8.36. The summed E-state index contributed by atoms with van der Waals surface area (Å²) < 4.78 is 11.3. The molecule has 0 atom stereocenters. The van der Waals surface area contributed by atoms with E-state index in [1.165, 1.54) is 18.4 Å². The summed E-state index contributed by atoms with van der Waals surface area (Å²) in [5.74, 6) is -1.27. The SMILES string of the molecule is Cn1c(-c2sccc2CCOCc2ccccc2)nc(OC(=O)O)c(O)c1=O. The highest BCUT2D eigenvalue weighted by molar-refractivity contribution is 7.13. The van der Waals surface area contributed by atoms with Crippen molar-refractivity contribution in [2.45, 2.75) is 13.0 Å². The molecule has 0 aliphatic rings. The van der Waals surface area contributed by atoms with Gasteiger partial charge in [-0.3, -0.25) is 9.36 Å². The molecule has 0 saturated heterocycles. The lowest BCUT2D eigenvalue weighted by Gasteiger charge is -2.11. The molecule has 146 valence electrons. The van der Waals surface area contributed by atoms with Gasteiger partial charge in [0.1, 0.15) is 0 Å². The maximum Gasteiger partial charge on any atom is 0.512 e. The van der Waals surface area contributed by atoms with E-state index in [-0.39, 0.29) is 5.82 Å². The molecule has 9 heteroatoms. The van der Waals surface area contributed by atoms with Crippen molar-refractivity contribution < 1.29 is 24.5 Å². The molecule has 0 aliphatic carbocycles. The number of rotatable bonds is 7. The Hall–Kier alpha value is -3.17. The molecule has 3 rings (SSSR count). The second kappa shape index (κ2) is 8.68. The van der Waals surface area contributed by atoms with Crippen LogP contribution in [0.4, 0.5) is 4.79 Å². The lowest BCUT2D eigenvalue weighted by atomic mass is 10.2. The smallest absolute Gasteiger partial charge is 0.499 e. The summed E-state index contributed by atoms with van der Waals surface area (Å²) in [6.45, 7) is 0.954. The van der Waals surface area contributed by atoms with Gasteiger partial charge in [0.2, 0.25) is 5.75 Å². The normalized spacial score (nSPS) is 10.8. The Kier molecular flexibility index (Phi) is 6.07. The molecule has 0 unspecified atom stereocenters. The number of benzene rings is 1. The molecule has 0 aliphatic heterocycles. The first-order chi connectivity index (χ1) is 13.5. The third-order valence-corrected chi connectivity index (χ3v) is 4.95. The van der Waals surface area contributed by atoms with E-state index in [1.807, 2.05) is 41.8 Å². The fourth-order valence-electron chi connectivity index (χ4n) is 2.60. The van der Waals surface area contributed by atoms with Gasteiger partial charge in [-0.15, -0.1) is 11.3 Å². The minimum Gasteiger partial charge on any atom is -0.499 e. The highest BCUT2D eigenvalue weighted by atomic mass is 32.1. The molecule has 0 fully saturated rings. The molecule has 0 spiro atoms. The average molecular weight is 402 g/mol. The van der Waals surface area contributed by atoms with Crippen LogP contribution in [0.3, 0.4) is 0 Å². The van der Waals surface area contributed by atoms with Gasteiger partial charge in [0.25, 0.3) is 11.4 Å². The zero-order chi connectivity index (χ0) is 20.1. The summed E-state index contributed by atoms with van der Waals surface area (Å²) in [4.78, 5) is 27.7. The van der Waals surface area contributed by atoms with Crippen molar-refractivity contribution in [3.63, 3.8) is 0 Å². The van der Waals surface area contributed by atoms with Crippen molar-refractivity contribution in [3.8, 4) is 22.3 Å². The van der Waals surface area contributed by atoms with E-state index in [4.69, 9.17) is 9.84 Å². The van der Waals surface area contributed by atoms with Gasteiger partial charge in [0.15, 0.2) is 5.82 Å². The molecule has 1 aromatic carbocycles. The van der Waals surface area contributed by atoms with Crippen molar-refractivity contribution in [2.24, 2.45) is 7.05 Å². The third-order valence-electron chi connectivity index (χ3n) is 4.00. The van der Waals surface area contributed by atoms with E-state index in [1.54, 1.807) is 0 Å². The minimum absolute atomic E-state index is 0.215. The van der Waals surface area contributed by atoms with Crippen LogP contribution in [0.25, 0.3) is 10.7 Å². The number of aromatic hydroxyl groups is 1. The Balaban J connectivity index is 1.78. The van der Waals surface area contributed by atoms with Crippen molar-refractivity contribution in [2.75, 3.05) is 6.61 Å². The maximum absolute atomic E-state index is 12.2. The van der Waals surface area contributed by atoms with Crippen LogP contribution < -0.4 is 10.3 Å². The van der Waals surface area contributed by atoms with Gasteiger partial charge in [0.05, 0.1) is 18.1 Å². The van der Waals surface area contributed by atoms with Crippen LogP contribution in [0, 0.1) is 0 Å². The van der Waals surface area contributed by atoms with Gasteiger partial charge >= 0.3 is 6.16 Å². The largest absolute Gasteiger partial charge is 0.512 e. The van der Waals surface area contributed by atoms with Gasteiger partial charge in [0, 0.05) is 7.05 Å². The zero-order valence-corrected chi connectivity index (χ0v) is 15.8. The van der Waals surface area contributed by atoms with Gasteiger partial charge in [-0.1, -0.05) is 30.3 Å². The number of carbonyl (C=O) groups is 1. The van der Waals surface area contributed by atoms with Gasteiger partial charge in [-0.2, -0.15) is 4.98 Å². The van der Waals surface area contributed by atoms with E-state index in [0.29, 0.717) is 24.5 Å². The molecule has 0 radical (unpaired) electrons. The standard InChI is InChI=1S/C19H18N2O6S/c1-21-16(20-17(27-19(24)25)14(22)18(21)23)15-13(8-10-28-15)7-9-26-11-12-5-3-2-4-6-12/h2-6,8,10,22H,7,9,11H2,1H3,(H,24,25). The fourth-order valence-corrected chi connectivity index (χ4v) is 3.58. The molecule has 28 heavy (non-hydrogen) atoms. The predicted octanol–water partition coefficient (Wildman–Crippen LogP) is 3.03. The van der Waals surface area contributed by atoms with Crippen molar-refractivity contribution >= 4 is 17.5 Å². The Bertz CT molecular complexity index is 1030. The number of hydrogen-bond donors (Lipinski definition) is 2. The second-order valence-electron chi connectivity index (χ2n) is 5.88. The molecular formula is C19H18N2O6S. The number of carboxylic acid groups (broad SMARTS) is 1. The summed E-state index contributed by atoms with van der Waals surface area (Å²) in [5, 5.41) is 20.4. The first kappa shape index (κ1) is 19.6. The van der Waals surface area contributed by atoms with Crippen LogP contribution in [0.15, 0.2) is 46.6 Å². The van der Waals surface area contributed by atoms with Crippen LogP contribution >= 0.6 is 11.3 Å². The third kappa shape index (κ3) is 4.38. The predicted molar refractivity (Wildman–Crippen MR) is 103 cm³/mol. The number of aromatic nitrogens is 2. The Labute approximate surface area is 164 Å². The quantitative estimate of drug-likeness (QED) is 0.461. The van der Waals surface area contributed by atoms with Crippen LogP contribution in [-0.4, -0.2) is 32.5 Å². The number of nitrogens with zero attached hydrogens (tertiary/aromatic N) is 2. The second-order valence-corrected chi connectivity index (χ2v) is 6.80. The molecular weight excluding hydrogens is 384 g/mol. The van der Waals surface area contributed by atoms with Crippen molar-refractivity contribution in [3.05, 3.63) is 63.3 Å². The molecule has 2 aromatic heterocycles. The topological polar surface area (TPSA) is 111 Å². The molecule has 2 heterocycles. The summed E-state index contributed by atoms with van der Waals surface area (Å²) in [6, 6.07) is 11.7. The van der Waals surface area contributed by atoms with Crippen molar-refractivity contribution in [1.29, 1.82) is 0 Å². The summed E-state index contributed by atoms with van der Waals surface area (Å²) in [6.07, 6.45) is -1.08. The van der Waals surface area contributed by atoms with Gasteiger partial charge < -0.3 is 19.7 Å².